The van der Waals surface area contributed by atoms with Crippen LogP contribution in [-0.4, -0.2) is 24.7 Å². The molecule has 2 atom stereocenters. The molecule has 0 saturated carbocycles. The lowest BCUT2D eigenvalue weighted by Gasteiger charge is -2.38. The van der Waals surface area contributed by atoms with E-state index in [0.717, 1.165) is 17.1 Å². The minimum absolute atomic E-state index is 0.151. The Morgan fingerprint density at radius 1 is 1.25 bits per heavy atom. The smallest absolute Gasteiger partial charge is 0.261 e. The lowest BCUT2D eigenvalue weighted by molar-refractivity contribution is -0.129. The summed E-state index contributed by atoms with van der Waals surface area (Å²) in [4.78, 5) is 12.9. The third kappa shape index (κ3) is 4.71. The van der Waals surface area contributed by atoms with Crippen LogP contribution >= 0.6 is 11.6 Å². The van der Waals surface area contributed by atoms with E-state index in [-0.39, 0.29) is 11.9 Å². The molecule has 0 saturated heterocycles. The molecule has 6 heteroatoms. The number of nitrogens with one attached hydrogen (secondary N) is 1. The van der Waals surface area contributed by atoms with Gasteiger partial charge in [0.1, 0.15) is 22.8 Å². The number of ether oxygens (including phenoxy) is 3. The molecule has 2 aromatic carbocycles. The largest absolute Gasteiger partial charge is 0.497 e. The Kier molecular flexibility index (Phi) is 6.04. The fourth-order valence-corrected chi connectivity index (χ4v) is 3.48. The van der Waals surface area contributed by atoms with Crippen molar-refractivity contribution in [3.05, 3.63) is 53.1 Å². The zero-order valence-corrected chi connectivity index (χ0v) is 17.4. The lowest BCUT2D eigenvalue weighted by Crippen LogP contribution is -2.45. The number of hydrogen-bond acceptors (Lipinski definition) is 4. The average Bonchev–Trinajstić information content (AvgIpc) is 2.66. The van der Waals surface area contributed by atoms with Gasteiger partial charge in [0.05, 0.1) is 13.2 Å². The fraction of sp³-hybridized carbons (Fsp3) is 0.409. The van der Waals surface area contributed by atoms with Crippen molar-refractivity contribution < 1.29 is 19.0 Å². The number of rotatable bonds is 6. The normalized spacial score (nSPS) is 18.4. The van der Waals surface area contributed by atoms with Crippen LogP contribution < -0.4 is 19.5 Å². The molecule has 0 radical (unpaired) electrons. The lowest BCUT2D eigenvalue weighted by atomic mass is 9.89. The second-order valence-corrected chi connectivity index (χ2v) is 7.94. The molecular formula is C22H26ClNO4. The number of methoxy groups -OCH3 is 1. The first kappa shape index (κ1) is 20.3. The van der Waals surface area contributed by atoms with E-state index in [1.54, 1.807) is 31.4 Å². The first-order valence-corrected chi connectivity index (χ1v) is 9.78. The van der Waals surface area contributed by atoms with Crippen LogP contribution in [0, 0.1) is 0 Å². The van der Waals surface area contributed by atoms with E-state index in [1.807, 2.05) is 39.0 Å². The van der Waals surface area contributed by atoms with Gasteiger partial charge < -0.3 is 19.5 Å². The zero-order valence-electron chi connectivity index (χ0n) is 16.6. The van der Waals surface area contributed by atoms with Crippen molar-refractivity contribution in [2.24, 2.45) is 0 Å². The second-order valence-electron chi connectivity index (χ2n) is 7.50. The van der Waals surface area contributed by atoms with Gasteiger partial charge in [-0.1, -0.05) is 18.5 Å². The van der Waals surface area contributed by atoms with Crippen LogP contribution in [-0.2, 0) is 4.79 Å². The minimum Gasteiger partial charge on any atom is -0.497 e. The number of hydrogen-bond donors (Lipinski definition) is 1. The minimum atomic E-state index is -0.589. The molecule has 0 fully saturated rings. The maximum Gasteiger partial charge on any atom is 0.261 e. The van der Waals surface area contributed by atoms with E-state index in [0.29, 0.717) is 23.6 Å². The van der Waals surface area contributed by atoms with Gasteiger partial charge in [0, 0.05) is 23.1 Å². The molecule has 0 aliphatic carbocycles. The van der Waals surface area contributed by atoms with Gasteiger partial charge in [0.25, 0.3) is 5.91 Å². The summed E-state index contributed by atoms with van der Waals surface area (Å²) in [5.74, 6) is 1.91. The third-order valence-electron chi connectivity index (χ3n) is 4.75. The van der Waals surface area contributed by atoms with Crippen molar-refractivity contribution in [3.8, 4) is 17.2 Å². The standard InChI is InChI=1S/C22H26ClNO4/c1-5-19(27-15-8-6-14(23)7-9-15)21(25)24-18-13-22(2,3)28-20-12-16(26-4)10-11-17(18)20/h6-12,18-19H,5,13H2,1-4H3,(H,24,25)/t18-,19-/m0/s1. The number of amides is 1. The predicted molar refractivity (Wildman–Crippen MR) is 109 cm³/mol. The SMILES string of the molecule is CC[C@H](Oc1ccc(Cl)cc1)C(=O)N[C@H]1CC(C)(C)Oc2cc(OC)ccc21. The van der Waals surface area contributed by atoms with Crippen LogP contribution in [0.15, 0.2) is 42.5 Å². The molecule has 0 unspecified atom stereocenters. The van der Waals surface area contributed by atoms with Gasteiger partial charge in [-0.25, -0.2) is 0 Å². The summed E-state index contributed by atoms with van der Waals surface area (Å²) >= 11 is 5.91. The van der Waals surface area contributed by atoms with Crippen molar-refractivity contribution in [2.75, 3.05) is 7.11 Å². The van der Waals surface area contributed by atoms with E-state index in [9.17, 15) is 4.79 Å². The Balaban J connectivity index is 1.77. The van der Waals surface area contributed by atoms with Crippen molar-refractivity contribution in [1.82, 2.24) is 5.32 Å². The Labute approximate surface area is 170 Å². The molecule has 2 aromatic rings. The zero-order chi connectivity index (χ0) is 20.3. The van der Waals surface area contributed by atoms with Crippen LogP contribution in [0.1, 0.15) is 45.2 Å². The number of carbonyl (C=O) groups is 1. The average molecular weight is 404 g/mol. The van der Waals surface area contributed by atoms with Crippen LogP contribution in [0.25, 0.3) is 0 Å². The van der Waals surface area contributed by atoms with Crippen molar-refractivity contribution >= 4 is 17.5 Å². The van der Waals surface area contributed by atoms with Crippen LogP contribution in [0.2, 0.25) is 5.02 Å². The topological polar surface area (TPSA) is 56.8 Å². The molecule has 150 valence electrons. The highest BCUT2D eigenvalue weighted by Crippen LogP contribution is 2.41. The molecule has 1 amide bonds. The van der Waals surface area contributed by atoms with Gasteiger partial charge in [0.15, 0.2) is 6.10 Å². The number of benzene rings is 2. The van der Waals surface area contributed by atoms with Crippen molar-refractivity contribution in [3.63, 3.8) is 0 Å². The molecule has 28 heavy (non-hydrogen) atoms. The fourth-order valence-electron chi connectivity index (χ4n) is 3.35. The van der Waals surface area contributed by atoms with Crippen LogP contribution in [0.4, 0.5) is 0 Å². The quantitative estimate of drug-likeness (QED) is 0.743. The number of fused-ring (bicyclic) bond motifs is 1. The highest BCUT2D eigenvalue weighted by Gasteiger charge is 2.36. The first-order valence-electron chi connectivity index (χ1n) is 9.41. The Morgan fingerprint density at radius 2 is 1.93 bits per heavy atom. The maximum absolute atomic E-state index is 12.9. The molecule has 3 rings (SSSR count). The van der Waals surface area contributed by atoms with Crippen LogP contribution in [0.5, 0.6) is 17.2 Å². The molecule has 5 nitrogen and oxygen atoms in total. The number of halogens is 1. The van der Waals surface area contributed by atoms with Gasteiger partial charge in [-0.05, 0) is 56.7 Å². The van der Waals surface area contributed by atoms with Gasteiger partial charge >= 0.3 is 0 Å². The Hall–Kier alpha value is -2.40. The molecule has 1 N–H and O–H groups in total. The van der Waals surface area contributed by atoms with E-state index >= 15 is 0 Å². The second kappa shape index (κ2) is 8.31. The molecule has 0 aromatic heterocycles. The summed E-state index contributed by atoms with van der Waals surface area (Å²) in [5.41, 5.74) is 0.533. The van der Waals surface area contributed by atoms with Crippen molar-refractivity contribution in [2.45, 2.75) is 51.4 Å². The monoisotopic (exact) mass is 403 g/mol. The van der Waals surface area contributed by atoms with E-state index < -0.39 is 11.7 Å². The molecule has 1 heterocycles. The summed E-state index contributed by atoms with van der Waals surface area (Å²) < 4.78 is 17.3. The molecule has 1 aliphatic heterocycles. The highest BCUT2D eigenvalue weighted by molar-refractivity contribution is 6.30. The van der Waals surface area contributed by atoms with Gasteiger partial charge in [-0.3, -0.25) is 4.79 Å². The van der Waals surface area contributed by atoms with Gasteiger partial charge in [-0.2, -0.15) is 0 Å². The molecular weight excluding hydrogens is 378 g/mol. The van der Waals surface area contributed by atoms with E-state index in [4.69, 9.17) is 25.8 Å². The number of carbonyl (C=O) groups excluding carboxylic acids is 1. The Morgan fingerprint density at radius 3 is 2.57 bits per heavy atom. The summed E-state index contributed by atoms with van der Waals surface area (Å²) in [6, 6.07) is 12.5. The summed E-state index contributed by atoms with van der Waals surface area (Å²) in [5, 5.41) is 3.77. The van der Waals surface area contributed by atoms with Gasteiger partial charge in [0.2, 0.25) is 0 Å². The summed E-state index contributed by atoms with van der Waals surface area (Å²) in [6.45, 7) is 5.94. The molecule has 0 spiro atoms. The summed E-state index contributed by atoms with van der Waals surface area (Å²) in [6.07, 6.45) is 0.625. The third-order valence-corrected chi connectivity index (χ3v) is 5.00. The van der Waals surface area contributed by atoms with Crippen molar-refractivity contribution in [1.29, 1.82) is 0 Å². The molecule has 0 bridgehead atoms. The van der Waals surface area contributed by atoms with Gasteiger partial charge in [-0.15, -0.1) is 0 Å². The predicted octanol–water partition coefficient (Wildman–Crippen LogP) is 4.92. The Bertz CT molecular complexity index is 835. The molecule has 1 aliphatic rings. The highest BCUT2D eigenvalue weighted by atomic mass is 35.5. The van der Waals surface area contributed by atoms with Crippen LogP contribution in [0.3, 0.4) is 0 Å². The first-order chi connectivity index (χ1) is 13.3. The maximum atomic E-state index is 12.9. The van der Waals surface area contributed by atoms with E-state index in [1.165, 1.54) is 0 Å². The summed E-state index contributed by atoms with van der Waals surface area (Å²) in [7, 11) is 1.62. The van der Waals surface area contributed by atoms with E-state index in [2.05, 4.69) is 5.32 Å².